The molecule has 0 aliphatic carbocycles. The van der Waals surface area contributed by atoms with Gasteiger partial charge in [-0.05, 0) is 38.3 Å². The molecule has 1 aromatic heterocycles. The fourth-order valence-electron chi connectivity index (χ4n) is 1.54. The molecule has 2 N–H and O–H groups in total. The van der Waals surface area contributed by atoms with Gasteiger partial charge in [-0.25, -0.2) is 0 Å². The minimum absolute atomic E-state index is 0.0775. The normalized spacial score (nSPS) is 12.8. The van der Waals surface area contributed by atoms with Crippen LogP contribution in [-0.2, 0) is 11.3 Å². The van der Waals surface area contributed by atoms with Crippen LogP contribution >= 0.6 is 11.3 Å². The molecule has 0 radical (unpaired) electrons. The van der Waals surface area contributed by atoms with Crippen molar-refractivity contribution in [1.29, 1.82) is 0 Å². The minimum atomic E-state index is -0.147. The van der Waals surface area contributed by atoms with E-state index < -0.39 is 0 Å². The summed E-state index contributed by atoms with van der Waals surface area (Å²) in [6, 6.07) is 2.04. The molecule has 1 amide bonds. The molecule has 0 bridgehead atoms. The number of carbonyl (C=O) groups is 1. The van der Waals surface area contributed by atoms with Crippen LogP contribution in [0.1, 0.15) is 36.1 Å². The Balaban J connectivity index is 2.36. The van der Waals surface area contributed by atoms with Crippen LogP contribution in [0.2, 0.25) is 0 Å². The topological polar surface area (TPSA) is 41.1 Å². The second-order valence-corrected chi connectivity index (χ2v) is 6.53. The number of thiophene rings is 1. The fourth-order valence-corrected chi connectivity index (χ4v) is 2.55. The zero-order valence-electron chi connectivity index (χ0n) is 12.0. The highest BCUT2D eigenvalue weighted by atomic mass is 32.1. The zero-order chi connectivity index (χ0) is 13.7. The van der Waals surface area contributed by atoms with Crippen LogP contribution in [-0.4, -0.2) is 18.5 Å². The molecule has 18 heavy (non-hydrogen) atoms. The van der Waals surface area contributed by atoms with Gasteiger partial charge < -0.3 is 10.6 Å². The van der Waals surface area contributed by atoms with Gasteiger partial charge in [0.25, 0.3) is 0 Å². The Bertz CT molecular complexity index is 379. The summed E-state index contributed by atoms with van der Waals surface area (Å²) in [6.07, 6.45) is 0. The van der Waals surface area contributed by atoms with E-state index in [0.29, 0.717) is 5.92 Å². The quantitative estimate of drug-likeness (QED) is 0.832. The van der Waals surface area contributed by atoms with Crippen molar-refractivity contribution < 1.29 is 4.79 Å². The Labute approximate surface area is 114 Å². The molecule has 0 aromatic carbocycles. The van der Waals surface area contributed by atoms with E-state index in [9.17, 15) is 4.79 Å². The molecule has 1 heterocycles. The molecule has 0 aliphatic heterocycles. The minimum Gasteiger partial charge on any atom is -0.354 e. The van der Waals surface area contributed by atoms with Gasteiger partial charge in [0.2, 0.25) is 5.91 Å². The summed E-state index contributed by atoms with van der Waals surface area (Å²) in [4.78, 5) is 14.4. The highest BCUT2D eigenvalue weighted by Gasteiger charge is 2.12. The number of amides is 1. The number of carbonyl (C=O) groups excluding carboxylic acids is 1. The van der Waals surface area contributed by atoms with Crippen molar-refractivity contribution in [2.45, 2.75) is 47.2 Å². The summed E-state index contributed by atoms with van der Waals surface area (Å²) in [5.74, 6) is 0.567. The van der Waals surface area contributed by atoms with Crippen LogP contribution in [0.15, 0.2) is 6.07 Å². The molecule has 3 nitrogen and oxygen atoms in total. The van der Waals surface area contributed by atoms with E-state index in [2.05, 4.69) is 44.4 Å². The summed E-state index contributed by atoms with van der Waals surface area (Å²) in [5.41, 5.74) is 1.33. The van der Waals surface area contributed by atoms with E-state index in [-0.39, 0.29) is 11.9 Å². The lowest BCUT2D eigenvalue weighted by atomic mass is 10.2. The third kappa shape index (κ3) is 4.78. The first-order valence-electron chi connectivity index (χ1n) is 6.47. The van der Waals surface area contributed by atoms with E-state index in [1.165, 1.54) is 15.3 Å². The van der Waals surface area contributed by atoms with Crippen molar-refractivity contribution in [2.24, 2.45) is 5.92 Å². The van der Waals surface area contributed by atoms with Gasteiger partial charge in [0.15, 0.2) is 0 Å². The lowest BCUT2D eigenvalue weighted by Gasteiger charge is -2.14. The van der Waals surface area contributed by atoms with Crippen molar-refractivity contribution in [1.82, 2.24) is 10.6 Å². The Hall–Kier alpha value is -0.870. The van der Waals surface area contributed by atoms with Gasteiger partial charge in [0.1, 0.15) is 0 Å². The molecule has 0 saturated carbocycles. The van der Waals surface area contributed by atoms with Gasteiger partial charge in [-0.1, -0.05) is 13.8 Å². The predicted molar refractivity (Wildman–Crippen MR) is 77.9 cm³/mol. The van der Waals surface area contributed by atoms with Crippen LogP contribution in [0.4, 0.5) is 0 Å². The molecule has 4 heteroatoms. The molecular formula is C14H24N2OS. The number of rotatable bonds is 6. The maximum atomic E-state index is 11.8. The first kappa shape index (κ1) is 15.2. The average molecular weight is 268 g/mol. The summed E-state index contributed by atoms with van der Waals surface area (Å²) in [5, 5.41) is 6.20. The molecule has 1 atom stereocenters. The van der Waals surface area contributed by atoms with Crippen molar-refractivity contribution in [3.8, 4) is 0 Å². The molecule has 0 saturated heterocycles. The standard InChI is InChI=1S/C14H24N2OS/c1-9(2)7-16-14(17)11(4)15-8-13-6-10(3)12(5)18-13/h6,9,11,15H,7-8H2,1-5H3,(H,16,17). The molecule has 1 rings (SSSR count). The summed E-state index contributed by atoms with van der Waals surface area (Å²) < 4.78 is 0. The Morgan fingerprint density at radius 3 is 2.50 bits per heavy atom. The SMILES string of the molecule is Cc1cc(CNC(C)C(=O)NCC(C)C)sc1C. The number of hydrogen-bond donors (Lipinski definition) is 2. The molecule has 0 spiro atoms. The highest BCUT2D eigenvalue weighted by Crippen LogP contribution is 2.20. The van der Waals surface area contributed by atoms with Gasteiger partial charge in [0.05, 0.1) is 6.04 Å². The molecule has 0 fully saturated rings. The van der Waals surface area contributed by atoms with E-state index >= 15 is 0 Å². The van der Waals surface area contributed by atoms with Gasteiger partial charge in [0, 0.05) is 22.8 Å². The van der Waals surface area contributed by atoms with Crippen molar-refractivity contribution in [2.75, 3.05) is 6.54 Å². The van der Waals surface area contributed by atoms with Gasteiger partial charge in [-0.2, -0.15) is 0 Å². The van der Waals surface area contributed by atoms with Gasteiger partial charge in [-0.3, -0.25) is 4.79 Å². The van der Waals surface area contributed by atoms with E-state index in [0.717, 1.165) is 13.1 Å². The number of nitrogens with one attached hydrogen (secondary N) is 2. The molecule has 102 valence electrons. The smallest absolute Gasteiger partial charge is 0.236 e. The van der Waals surface area contributed by atoms with Crippen molar-refractivity contribution in [3.05, 3.63) is 21.4 Å². The van der Waals surface area contributed by atoms with Crippen LogP contribution < -0.4 is 10.6 Å². The Morgan fingerprint density at radius 1 is 1.33 bits per heavy atom. The number of aryl methyl sites for hydroxylation is 2. The maximum absolute atomic E-state index is 11.8. The summed E-state index contributed by atoms with van der Waals surface area (Å²) in [7, 11) is 0. The molecule has 1 aromatic rings. The third-order valence-corrected chi connectivity index (χ3v) is 4.03. The second-order valence-electron chi connectivity index (χ2n) is 5.19. The van der Waals surface area contributed by atoms with E-state index in [1.54, 1.807) is 11.3 Å². The average Bonchev–Trinajstić information content (AvgIpc) is 2.62. The predicted octanol–water partition coefficient (Wildman–Crippen LogP) is 2.62. The fraction of sp³-hybridized carbons (Fsp3) is 0.643. The lowest BCUT2D eigenvalue weighted by Crippen LogP contribution is -2.42. The van der Waals surface area contributed by atoms with Crippen molar-refractivity contribution in [3.63, 3.8) is 0 Å². The second kappa shape index (κ2) is 6.90. The van der Waals surface area contributed by atoms with Crippen LogP contribution in [0.3, 0.4) is 0 Å². The van der Waals surface area contributed by atoms with Crippen molar-refractivity contribution >= 4 is 17.2 Å². The van der Waals surface area contributed by atoms with E-state index in [4.69, 9.17) is 0 Å². The lowest BCUT2D eigenvalue weighted by molar-refractivity contribution is -0.122. The van der Waals surface area contributed by atoms with Gasteiger partial charge >= 0.3 is 0 Å². The van der Waals surface area contributed by atoms with Crippen LogP contribution in [0, 0.1) is 19.8 Å². The maximum Gasteiger partial charge on any atom is 0.236 e. The summed E-state index contributed by atoms with van der Waals surface area (Å²) in [6.45, 7) is 11.8. The monoisotopic (exact) mass is 268 g/mol. The summed E-state index contributed by atoms with van der Waals surface area (Å²) >= 11 is 1.79. The van der Waals surface area contributed by atoms with Crippen LogP contribution in [0.25, 0.3) is 0 Å². The number of hydrogen-bond acceptors (Lipinski definition) is 3. The first-order valence-corrected chi connectivity index (χ1v) is 7.28. The molecule has 0 aliphatic rings. The molecular weight excluding hydrogens is 244 g/mol. The van der Waals surface area contributed by atoms with Gasteiger partial charge in [-0.15, -0.1) is 11.3 Å². The largest absolute Gasteiger partial charge is 0.354 e. The Morgan fingerprint density at radius 2 is 2.00 bits per heavy atom. The Kier molecular flexibility index (Phi) is 5.82. The first-order chi connectivity index (χ1) is 8.40. The highest BCUT2D eigenvalue weighted by molar-refractivity contribution is 7.12. The molecule has 1 unspecified atom stereocenters. The zero-order valence-corrected chi connectivity index (χ0v) is 12.8. The van der Waals surface area contributed by atoms with Crippen LogP contribution in [0.5, 0.6) is 0 Å². The third-order valence-electron chi connectivity index (χ3n) is 2.88. The van der Waals surface area contributed by atoms with E-state index in [1.807, 2.05) is 6.92 Å².